The average Bonchev–Trinajstić information content (AvgIpc) is 2.66. The lowest BCUT2D eigenvalue weighted by Crippen LogP contribution is -2.39. The first-order valence-corrected chi connectivity index (χ1v) is 6.26. The van der Waals surface area contributed by atoms with Gasteiger partial charge < -0.3 is 10.5 Å². The lowest BCUT2D eigenvalue weighted by Gasteiger charge is -2.21. The van der Waals surface area contributed by atoms with Crippen molar-refractivity contribution in [3.05, 3.63) is 29.8 Å². The maximum Gasteiger partial charge on any atom is 0.415 e. The van der Waals surface area contributed by atoms with Crippen LogP contribution in [0.25, 0.3) is 0 Å². The third-order valence-corrected chi connectivity index (χ3v) is 3.33. The number of amides is 1. The lowest BCUT2D eigenvalue weighted by atomic mass is 10.00. The average molecular weight is 248 g/mol. The normalized spacial score (nSPS) is 23.6. The smallest absolute Gasteiger partial charge is 0.415 e. The second-order valence-corrected chi connectivity index (χ2v) is 5.32. The predicted molar refractivity (Wildman–Crippen MR) is 71.8 cm³/mol. The molecule has 1 aromatic carbocycles. The number of hydrogen-bond donors (Lipinski definition) is 1. The molecule has 0 aromatic heterocycles. The summed E-state index contributed by atoms with van der Waals surface area (Å²) in [5.41, 5.74) is 7.16. The molecule has 2 rings (SSSR count). The van der Waals surface area contributed by atoms with Gasteiger partial charge in [-0.25, -0.2) is 4.79 Å². The summed E-state index contributed by atoms with van der Waals surface area (Å²) in [6.07, 6.45) is -0.309. The van der Waals surface area contributed by atoms with Crippen molar-refractivity contribution in [3.63, 3.8) is 0 Å². The molecule has 0 aliphatic carbocycles. The highest BCUT2D eigenvalue weighted by Crippen LogP contribution is 2.32. The van der Waals surface area contributed by atoms with Crippen LogP contribution in [0, 0.1) is 0 Å². The molecule has 1 saturated heterocycles. The summed E-state index contributed by atoms with van der Waals surface area (Å²) < 4.78 is 5.36. The second-order valence-electron chi connectivity index (χ2n) is 5.32. The monoisotopic (exact) mass is 248 g/mol. The van der Waals surface area contributed by atoms with Gasteiger partial charge in [0, 0.05) is 6.54 Å². The quantitative estimate of drug-likeness (QED) is 0.894. The van der Waals surface area contributed by atoms with E-state index in [-0.39, 0.29) is 6.09 Å². The van der Waals surface area contributed by atoms with Crippen LogP contribution in [-0.4, -0.2) is 24.8 Å². The van der Waals surface area contributed by atoms with Gasteiger partial charge in [0.2, 0.25) is 0 Å². The van der Waals surface area contributed by atoms with Crippen LogP contribution >= 0.6 is 0 Å². The van der Waals surface area contributed by atoms with Crippen LogP contribution in [0.15, 0.2) is 24.3 Å². The number of nitrogens with zero attached hydrogens (tertiary/aromatic N) is 1. The van der Waals surface area contributed by atoms with Gasteiger partial charge in [0.1, 0.15) is 5.60 Å². The number of benzene rings is 1. The van der Waals surface area contributed by atoms with E-state index in [1.54, 1.807) is 4.90 Å². The molecule has 4 nitrogen and oxygen atoms in total. The summed E-state index contributed by atoms with van der Waals surface area (Å²) in [5.74, 6) is 0.360. The van der Waals surface area contributed by atoms with Crippen LogP contribution in [-0.2, 0) is 4.74 Å². The van der Waals surface area contributed by atoms with E-state index in [1.165, 1.54) is 0 Å². The molecule has 18 heavy (non-hydrogen) atoms. The van der Waals surface area contributed by atoms with Gasteiger partial charge in [-0.1, -0.05) is 32.0 Å². The van der Waals surface area contributed by atoms with Crippen LogP contribution in [0.5, 0.6) is 0 Å². The lowest BCUT2D eigenvalue weighted by molar-refractivity contribution is 0.0789. The van der Waals surface area contributed by atoms with E-state index >= 15 is 0 Å². The molecule has 4 heteroatoms. The largest absolute Gasteiger partial charge is 0.440 e. The highest BCUT2D eigenvalue weighted by Gasteiger charge is 2.41. The molecular formula is C14H20N2O2. The zero-order valence-corrected chi connectivity index (χ0v) is 11.1. The Hall–Kier alpha value is -1.55. The summed E-state index contributed by atoms with van der Waals surface area (Å²) in [5, 5.41) is 0. The van der Waals surface area contributed by atoms with E-state index in [2.05, 4.69) is 13.8 Å². The van der Waals surface area contributed by atoms with Crippen molar-refractivity contribution in [1.29, 1.82) is 0 Å². The van der Waals surface area contributed by atoms with E-state index in [4.69, 9.17) is 10.5 Å². The summed E-state index contributed by atoms with van der Waals surface area (Å²) in [6, 6.07) is 7.93. The van der Waals surface area contributed by atoms with Crippen LogP contribution in [0.2, 0.25) is 0 Å². The van der Waals surface area contributed by atoms with Gasteiger partial charge in [0.15, 0.2) is 0 Å². The number of rotatable bonds is 3. The number of anilines is 1. The van der Waals surface area contributed by atoms with Crippen molar-refractivity contribution < 1.29 is 9.53 Å². The fourth-order valence-electron chi connectivity index (χ4n) is 2.21. The van der Waals surface area contributed by atoms with Crippen LogP contribution < -0.4 is 10.6 Å². The molecule has 1 amide bonds. The van der Waals surface area contributed by atoms with Crippen LogP contribution in [0.1, 0.15) is 32.3 Å². The molecule has 2 N–H and O–H groups in total. The molecule has 1 unspecified atom stereocenters. The minimum Gasteiger partial charge on any atom is -0.440 e. The molecule has 0 bridgehead atoms. The molecular weight excluding hydrogens is 228 g/mol. The van der Waals surface area contributed by atoms with E-state index in [9.17, 15) is 4.79 Å². The highest BCUT2D eigenvalue weighted by molar-refractivity contribution is 5.91. The minimum atomic E-state index is -0.582. The highest BCUT2D eigenvalue weighted by atomic mass is 16.6. The first-order valence-electron chi connectivity index (χ1n) is 6.26. The van der Waals surface area contributed by atoms with Crippen molar-refractivity contribution in [2.75, 3.05) is 18.0 Å². The number of hydrogen-bond acceptors (Lipinski definition) is 3. The van der Waals surface area contributed by atoms with Gasteiger partial charge in [-0.3, -0.25) is 4.90 Å². The zero-order chi connectivity index (χ0) is 13.3. The maximum atomic E-state index is 12.0. The van der Waals surface area contributed by atoms with Gasteiger partial charge in [-0.05, 0) is 24.5 Å². The van der Waals surface area contributed by atoms with E-state index in [1.807, 2.05) is 31.2 Å². The predicted octanol–water partition coefficient (Wildman–Crippen LogP) is 2.48. The molecule has 0 saturated carbocycles. The fraction of sp³-hybridized carbons (Fsp3) is 0.500. The number of carbonyl (C=O) groups excluding carboxylic acids is 1. The van der Waals surface area contributed by atoms with Crippen molar-refractivity contribution in [3.8, 4) is 0 Å². The molecule has 1 aliphatic rings. The van der Waals surface area contributed by atoms with Crippen molar-refractivity contribution in [2.24, 2.45) is 5.73 Å². The molecule has 1 aliphatic heterocycles. The third kappa shape index (κ3) is 2.20. The molecule has 1 atom stereocenters. The summed E-state index contributed by atoms with van der Waals surface area (Å²) >= 11 is 0. The number of carbonyl (C=O) groups is 1. The molecule has 1 heterocycles. The molecule has 1 aromatic rings. The fourth-order valence-corrected chi connectivity index (χ4v) is 2.21. The SMILES string of the molecule is CC(C)c1ccccc1N1CC(C)(CN)OC1=O. The summed E-state index contributed by atoms with van der Waals surface area (Å²) in [4.78, 5) is 13.7. The second kappa shape index (κ2) is 4.61. The Morgan fingerprint density at radius 3 is 2.67 bits per heavy atom. The molecule has 1 fully saturated rings. The number of para-hydroxylation sites is 1. The standard InChI is InChI=1S/C14H20N2O2/c1-10(2)11-6-4-5-7-12(11)16-9-14(3,8-15)18-13(16)17/h4-7,10H,8-9,15H2,1-3H3. The van der Waals surface area contributed by atoms with E-state index < -0.39 is 5.60 Å². The molecule has 0 spiro atoms. The Morgan fingerprint density at radius 2 is 2.11 bits per heavy atom. The first-order chi connectivity index (χ1) is 8.47. The molecule has 98 valence electrons. The van der Waals surface area contributed by atoms with E-state index in [0.29, 0.717) is 19.0 Å². The Kier molecular flexibility index (Phi) is 3.30. The first kappa shape index (κ1) is 12.9. The van der Waals surface area contributed by atoms with Gasteiger partial charge in [-0.15, -0.1) is 0 Å². The Morgan fingerprint density at radius 1 is 1.44 bits per heavy atom. The number of nitrogens with two attached hydrogens (primary N) is 1. The van der Waals surface area contributed by atoms with Gasteiger partial charge in [0.05, 0.1) is 12.2 Å². The third-order valence-electron chi connectivity index (χ3n) is 3.33. The van der Waals surface area contributed by atoms with Crippen molar-refractivity contribution >= 4 is 11.8 Å². The Bertz CT molecular complexity index is 459. The van der Waals surface area contributed by atoms with Crippen molar-refractivity contribution in [1.82, 2.24) is 0 Å². The Balaban J connectivity index is 2.36. The topological polar surface area (TPSA) is 55.6 Å². The molecule has 0 radical (unpaired) electrons. The number of ether oxygens (including phenoxy) is 1. The van der Waals surface area contributed by atoms with Crippen LogP contribution in [0.4, 0.5) is 10.5 Å². The Labute approximate surface area is 108 Å². The summed E-state index contributed by atoms with van der Waals surface area (Å²) in [7, 11) is 0. The van der Waals surface area contributed by atoms with Gasteiger partial charge in [0.25, 0.3) is 0 Å². The maximum absolute atomic E-state index is 12.0. The van der Waals surface area contributed by atoms with E-state index in [0.717, 1.165) is 11.3 Å². The van der Waals surface area contributed by atoms with Crippen LogP contribution in [0.3, 0.4) is 0 Å². The van der Waals surface area contributed by atoms with Gasteiger partial charge in [-0.2, -0.15) is 0 Å². The zero-order valence-electron chi connectivity index (χ0n) is 11.1. The number of cyclic esters (lactones) is 1. The summed E-state index contributed by atoms with van der Waals surface area (Å²) in [6.45, 7) is 6.93. The minimum absolute atomic E-state index is 0.309. The van der Waals surface area contributed by atoms with Gasteiger partial charge >= 0.3 is 6.09 Å². The van der Waals surface area contributed by atoms with Crippen molar-refractivity contribution in [2.45, 2.75) is 32.3 Å².